The molecule has 4 rings (SSSR count). The lowest BCUT2D eigenvalue weighted by Crippen LogP contribution is -2.37. The Balaban J connectivity index is 1.52. The molecular formula is C17H21N5OS. The van der Waals surface area contributed by atoms with Crippen LogP contribution in [0.5, 0.6) is 0 Å². The SMILES string of the molecule is NCCN(CC1CC1)C(=O)c1csc(C2C=CNC3=NC=CC32)n1. The summed E-state index contributed by atoms with van der Waals surface area (Å²) < 4.78 is 0. The van der Waals surface area contributed by atoms with Gasteiger partial charge in [0.15, 0.2) is 0 Å². The van der Waals surface area contributed by atoms with Crippen molar-refractivity contribution in [3.05, 3.63) is 40.6 Å². The summed E-state index contributed by atoms with van der Waals surface area (Å²) in [5, 5.41) is 6.00. The Morgan fingerprint density at radius 3 is 3.04 bits per heavy atom. The highest BCUT2D eigenvalue weighted by molar-refractivity contribution is 7.10. The van der Waals surface area contributed by atoms with E-state index in [4.69, 9.17) is 5.73 Å². The third-order valence-electron chi connectivity index (χ3n) is 4.63. The summed E-state index contributed by atoms with van der Waals surface area (Å²) in [5.74, 6) is 1.93. The smallest absolute Gasteiger partial charge is 0.273 e. The van der Waals surface area contributed by atoms with Gasteiger partial charge in [0.25, 0.3) is 5.91 Å². The van der Waals surface area contributed by atoms with Gasteiger partial charge in [-0.05, 0) is 25.0 Å². The number of carbonyl (C=O) groups excluding carboxylic acids is 1. The Morgan fingerprint density at radius 2 is 2.25 bits per heavy atom. The third kappa shape index (κ3) is 3.01. The van der Waals surface area contributed by atoms with Gasteiger partial charge >= 0.3 is 0 Å². The van der Waals surface area contributed by atoms with Gasteiger partial charge in [0, 0.05) is 43.1 Å². The summed E-state index contributed by atoms with van der Waals surface area (Å²) in [5.41, 5.74) is 6.21. The molecule has 0 bridgehead atoms. The van der Waals surface area contributed by atoms with Gasteiger partial charge in [-0.3, -0.25) is 4.79 Å². The van der Waals surface area contributed by atoms with Crippen LogP contribution >= 0.6 is 11.3 Å². The molecule has 2 unspecified atom stereocenters. The number of hydrogen-bond acceptors (Lipinski definition) is 6. The van der Waals surface area contributed by atoms with Gasteiger partial charge in [-0.15, -0.1) is 11.3 Å². The number of nitrogens with one attached hydrogen (secondary N) is 1. The van der Waals surface area contributed by atoms with Crippen molar-refractivity contribution < 1.29 is 4.79 Å². The summed E-state index contributed by atoms with van der Waals surface area (Å²) in [6.45, 7) is 1.88. The number of amides is 1. The summed E-state index contributed by atoms with van der Waals surface area (Å²) in [7, 11) is 0. The number of hydrogen-bond donors (Lipinski definition) is 2. The van der Waals surface area contributed by atoms with Crippen molar-refractivity contribution in [2.75, 3.05) is 19.6 Å². The molecule has 2 atom stereocenters. The zero-order valence-electron chi connectivity index (χ0n) is 13.4. The summed E-state index contributed by atoms with van der Waals surface area (Å²) in [6.07, 6.45) is 10.3. The van der Waals surface area contributed by atoms with Gasteiger partial charge in [-0.25, -0.2) is 9.98 Å². The summed E-state index contributed by atoms with van der Waals surface area (Å²) in [6, 6.07) is 0. The molecule has 3 N–H and O–H groups in total. The molecule has 0 spiro atoms. The van der Waals surface area contributed by atoms with E-state index in [1.807, 2.05) is 22.7 Å². The second-order valence-electron chi connectivity index (χ2n) is 6.47. The lowest BCUT2D eigenvalue weighted by molar-refractivity contribution is 0.0747. The van der Waals surface area contributed by atoms with Crippen LogP contribution in [-0.2, 0) is 0 Å². The average Bonchev–Trinajstić information content (AvgIpc) is 3.10. The number of aliphatic imine (C=N–C) groups is 1. The van der Waals surface area contributed by atoms with Gasteiger partial charge in [0.05, 0.1) is 0 Å². The van der Waals surface area contributed by atoms with Crippen molar-refractivity contribution >= 4 is 23.1 Å². The number of aromatic nitrogens is 1. The largest absolute Gasteiger partial charge is 0.350 e. The topological polar surface area (TPSA) is 83.6 Å². The standard InChI is InChI=1S/C17H21N5OS/c18-5-8-22(9-11-1-2-11)17(23)14-10-24-16(21-14)13-4-7-20-15-12(13)3-6-19-15/h3-4,6-7,10-13H,1-2,5,8-9,18H2,(H,19,20). The van der Waals surface area contributed by atoms with E-state index in [1.165, 1.54) is 12.8 Å². The second kappa shape index (κ2) is 6.49. The molecule has 1 amide bonds. The first-order valence-corrected chi connectivity index (χ1v) is 9.26. The Kier molecular flexibility index (Phi) is 4.20. The number of allylic oxidation sites excluding steroid dienone is 1. The molecule has 0 radical (unpaired) electrons. The Morgan fingerprint density at radius 1 is 1.38 bits per heavy atom. The van der Waals surface area contributed by atoms with Crippen molar-refractivity contribution in [2.45, 2.75) is 18.8 Å². The Hall–Kier alpha value is -1.99. The minimum atomic E-state index is 0.00335. The fraction of sp³-hybridized carbons (Fsp3) is 0.471. The van der Waals surface area contributed by atoms with Crippen molar-refractivity contribution in [3.63, 3.8) is 0 Å². The lowest BCUT2D eigenvalue weighted by Gasteiger charge is -2.23. The third-order valence-corrected chi connectivity index (χ3v) is 5.58. The van der Waals surface area contributed by atoms with Crippen LogP contribution < -0.4 is 11.1 Å². The molecule has 1 aromatic heterocycles. The van der Waals surface area contributed by atoms with Crippen LogP contribution in [0.1, 0.15) is 34.3 Å². The highest BCUT2D eigenvalue weighted by Crippen LogP contribution is 2.35. The normalized spacial score (nSPS) is 24.5. The first-order chi connectivity index (χ1) is 11.8. The molecule has 2 aliphatic heterocycles. The van der Waals surface area contributed by atoms with Crippen LogP contribution in [0.4, 0.5) is 0 Å². The van der Waals surface area contributed by atoms with E-state index < -0.39 is 0 Å². The first kappa shape index (κ1) is 15.5. The van der Waals surface area contributed by atoms with Crippen LogP contribution in [0.3, 0.4) is 0 Å². The second-order valence-corrected chi connectivity index (χ2v) is 7.35. The number of rotatable bonds is 6. The van der Waals surface area contributed by atoms with Crippen molar-refractivity contribution in [1.82, 2.24) is 15.2 Å². The molecule has 3 aliphatic rings. The van der Waals surface area contributed by atoms with E-state index in [2.05, 4.69) is 27.4 Å². The minimum absolute atomic E-state index is 0.00335. The summed E-state index contributed by atoms with van der Waals surface area (Å²) in [4.78, 5) is 23.6. The van der Waals surface area contributed by atoms with Crippen LogP contribution in [0, 0.1) is 11.8 Å². The van der Waals surface area contributed by atoms with E-state index >= 15 is 0 Å². The van der Waals surface area contributed by atoms with E-state index in [0.717, 1.165) is 17.4 Å². The Bertz CT molecular complexity index is 718. The van der Waals surface area contributed by atoms with Gasteiger partial charge in [0.1, 0.15) is 16.5 Å². The maximum absolute atomic E-state index is 12.8. The van der Waals surface area contributed by atoms with Crippen LogP contribution in [-0.4, -0.2) is 41.3 Å². The molecule has 6 nitrogen and oxygen atoms in total. The van der Waals surface area contributed by atoms with E-state index in [9.17, 15) is 4.79 Å². The van der Waals surface area contributed by atoms with Gasteiger partial charge in [-0.2, -0.15) is 0 Å². The Labute approximate surface area is 145 Å². The van der Waals surface area contributed by atoms with E-state index in [1.54, 1.807) is 11.3 Å². The number of nitrogens with two attached hydrogens (primary N) is 1. The molecular weight excluding hydrogens is 322 g/mol. The lowest BCUT2D eigenvalue weighted by atomic mass is 9.90. The maximum Gasteiger partial charge on any atom is 0.273 e. The van der Waals surface area contributed by atoms with Gasteiger partial charge < -0.3 is 16.0 Å². The predicted molar refractivity (Wildman–Crippen MR) is 94.9 cm³/mol. The zero-order chi connectivity index (χ0) is 16.5. The maximum atomic E-state index is 12.8. The number of amidine groups is 1. The quantitative estimate of drug-likeness (QED) is 0.823. The molecule has 126 valence electrons. The van der Waals surface area contributed by atoms with Crippen molar-refractivity contribution in [3.8, 4) is 0 Å². The molecule has 1 aromatic rings. The van der Waals surface area contributed by atoms with Crippen molar-refractivity contribution in [2.24, 2.45) is 22.6 Å². The average molecular weight is 343 g/mol. The fourth-order valence-electron chi connectivity index (χ4n) is 3.15. The van der Waals surface area contributed by atoms with Crippen molar-refractivity contribution in [1.29, 1.82) is 0 Å². The predicted octanol–water partition coefficient (Wildman–Crippen LogP) is 1.70. The fourth-order valence-corrected chi connectivity index (χ4v) is 4.07. The first-order valence-electron chi connectivity index (χ1n) is 8.38. The molecule has 1 saturated carbocycles. The highest BCUT2D eigenvalue weighted by atomic mass is 32.1. The number of carbonyl (C=O) groups is 1. The summed E-state index contributed by atoms with van der Waals surface area (Å²) >= 11 is 1.55. The zero-order valence-corrected chi connectivity index (χ0v) is 14.2. The highest BCUT2D eigenvalue weighted by Gasteiger charge is 2.32. The minimum Gasteiger partial charge on any atom is -0.350 e. The van der Waals surface area contributed by atoms with Gasteiger partial charge in [-0.1, -0.05) is 12.2 Å². The molecule has 0 aromatic carbocycles. The molecule has 24 heavy (non-hydrogen) atoms. The number of nitrogens with zero attached hydrogens (tertiary/aromatic N) is 3. The molecule has 0 saturated heterocycles. The number of fused-ring (bicyclic) bond motifs is 1. The van der Waals surface area contributed by atoms with E-state index in [0.29, 0.717) is 24.7 Å². The number of thiazole rings is 1. The molecule has 7 heteroatoms. The monoisotopic (exact) mass is 343 g/mol. The van der Waals surface area contributed by atoms with Crippen LogP contribution in [0.15, 0.2) is 34.9 Å². The van der Waals surface area contributed by atoms with Crippen LogP contribution in [0.25, 0.3) is 0 Å². The molecule has 1 aliphatic carbocycles. The van der Waals surface area contributed by atoms with Crippen LogP contribution in [0.2, 0.25) is 0 Å². The molecule has 3 heterocycles. The van der Waals surface area contributed by atoms with Gasteiger partial charge in [0.2, 0.25) is 0 Å². The van der Waals surface area contributed by atoms with E-state index in [-0.39, 0.29) is 17.7 Å². The molecule has 1 fully saturated rings.